The van der Waals surface area contributed by atoms with E-state index >= 15 is 0 Å². The van der Waals surface area contributed by atoms with Gasteiger partial charge in [-0.25, -0.2) is 9.18 Å². The number of allylic oxidation sites excluding steroid dienone is 1. The summed E-state index contributed by atoms with van der Waals surface area (Å²) in [6.45, 7) is 1.34. The highest BCUT2D eigenvalue weighted by Gasteiger charge is 2.60. The normalized spacial score (nSPS) is 15.2. The van der Waals surface area contributed by atoms with Crippen LogP contribution in [0.2, 0.25) is 5.02 Å². The molecule has 0 bridgehead atoms. The number of hydrogen-bond donors (Lipinski definition) is 2. The van der Waals surface area contributed by atoms with Gasteiger partial charge in [-0.05, 0) is 24.6 Å². The SMILES string of the molecule is C/C=C(/C[C@@](O)(C(=O)O)C(F)(F)F)c1ccc(F)c(Cl)c1OC. The summed E-state index contributed by atoms with van der Waals surface area (Å²) in [5.74, 6) is -3.56. The second-order valence-corrected chi connectivity index (χ2v) is 4.97. The summed E-state index contributed by atoms with van der Waals surface area (Å²) in [7, 11) is 1.13. The quantitative estimate of drug-likeness (QED) is 0.790. The van der Waals surface area contributed by atoms with Crippen LogP contribution in [0.3, 0.4) is 0 Å². The van der Waals surface area contributed by atoms with Crippen molar-refractivity contribution in [1.29, 1.82) is 0 Å². The minimum absolute atomic E-state index is 0.0506. The molecule has 1 rings (SSSR count). The summed E-state index contributed by atoms with van der Waals surface area (Å²) in [4.78, 5) is 10.9. The number of aliphatic carboxylic acids is 1. The largest absolute Gasteiger partial charge is 0.494 e. The Morgan fingerprint density at radius 3 is 2.35 bits per heavy atom. The molecule has 0 unspecified atom stereocenters. The number of alkyl halides is 3. The monoisotopic (exact) mass is 356 g/mol. The number of rotatable bonds is 5. The molecule has 0 aliphatic heterocycles. The van der Waals surface area contributed by atoms with Crippen molar-refractivity contribution in [1.82, 2.24) is 0 Å². The van der Waals surface area contributed by atoms with Gasteiger partial charge in [0.1, 0.15) is 16.6 Å². The van der Waals surface area contributed by atoms with E-state index in [0.717, 1.165) is 25.3 Å². The van der Waals surface area contributed by atoms with Gasteiger partial charge in [0.25, 0.3) is 5.60 Å². The molecule has 0 saturated carbocycles. The maximum absolute atomic E-state index is 13.4. The molecular formula is C14H13ClF4O4. The number of carbonyl (C=O) groups is 1. The smallest absolute Gasteiger partial charge is 0.428 e. The van der Waals surface area contributed by atoms with Crippen LogP contribution in [0.4, 0.5) is 17.6 Å². The highest BCUT2D eigenvalue weighted by atomic mass is 35.5. The lowest BCUT2D eigenvalue weighted by molar-refractivity contribution is -0.258. The highest BCUT2D eigenvalue weighted by Crippen LogP contribution is 2.42. The number of hydrogen-bond acceptors (Lipinski definition) is 3. The van der Waals surface area contributed by atoms with Crippen LogP contribution in [0.1, 0.15) is 18.9 Å². The van der Waals surface area contributed by atoms with Gasteiger partial charge in [0.2, 0.25) is 0 Å². The molecule has 0 amide bonds. The van der Waals surface area contributed by atoms with Crippen LogP contribution in [0.15, 0.2) is 18.2 Å². The second-order valence-electron chi connectivity index (χ2n) is 4.60. The van der Waals surface area contributed by atoms with Crippen molar-refractivity contribution in [3.63, 3.8) is 0 Å². The predicted octanol–water partition coefficient (Wildman–Crippen LogP) is 3.66. The van der Waals surface area contributed by atoms with Crippen molar-refractivity contribution in [2.75, 3.05) is 7.11 Å². The molecule has 0 heterocycles. The van der Waals surface area contributed by atoms with Crippen LogP contribution in [-0.2, 0) is 4.79 Å². The van der Waals surface area contributed by atoms with Crippen molar-refractivity contribution < 1.29 is 37.3 Å². The number of benzene rings is 1. The van der Waals surface area contributed by atoms with Crippen molar-refractivity contribution in [2.24, 2.45) is 0 Å². The molecule has 2 N–H and O–H groups in total. The van der Waals surface area contributed by atoms with E-state index in [1.165, 1.54) is 6.92 Å². The second kappa shape index (κ2) is 6.76. The van der Waals surface area contributed by atoms with Gasteiger partial charge in [0.15, 0.2) is 0 Å². The van der Waals surface area contributed by atoms with E-state index in [2.05, 4.69) is 0 Å². The van der Waals surface area contributed by atoms with Gasteiger partial charge in [-0.1, -0.05) is 17.7 Å². The summed E-state index contributed by atoms with van der Waals surface area (Å²) in [6.07, 6.45) is -5.55. The molecule has 23 heavy (non-hydrogen) atoms. The maximum atomic E-state index is 13.4. The molecule has 9 heteroatoms. The topological polar surface area (TPSA) is 66.8 Å². The minimum Gasteiger partial charge on any atom is -0.494 e. The number of ether oxygens (including phenoxy) is 1. The average Bonchev–Trinajstić information content (AvgIpc) is 2.46. The van der Waals surface area contributed by atoms with Gasteiger partial charge in [0, 0.05) is 12.0 Å². The number of carboxylic acids is 1. The average molecular weight is 357 g/mol. The Morgan fingerprint density at radius 1 is 1.39 bits per heavy atom. The molecule has 0 aliphatic rings. The molecule has 1 aromatic rings. The fourth-order valence-electron chi connectivity index (χ4n) is 1.91. The van der Waals surface area contributed by atoms with Gasteiger partial charge in [0.05, 0.1) is 7.11 Å². The van der Waals surface area contributed by atoms with E-state index in [1.54, 1.807) is 0 Å². The van der Waals surface area contributed by atoms with Crippen molar-refractivity contribution in [3.8, 4) is 5.75 Å². The molecule has 1 atom stereocenters. The minimum atomic E-state index is -5.41. The van der Waals surface area contributed by atoms with E-state index in [0.29, 0.717) is 0 Å². The first-order valence-corrected chi connectivity index (χ1v) is 6.57. The first kappa shape index (κ1) is 19.2. The van der Waals surface area contributed by atoms with Gasteiger partial charge in [-0.3, -0.25) is 0 Å². The Kier molecular flexibility index (Phi) is 5.65. The van der Waals surface area contributed by atoms with Gasteiger partial charge in [-0.15, -0.1) is 0 Å². The summed E-state index contributed by atoms with van der Waals surface area (Å²) in [5, 5.41) is 17.9. The molecular weight excluding hydrogens is 344 g/mol. The number of halogens is 5. The van der Waals surface area contributed by atoms with E-state index < -0.39 is 35.0 Å². The zero-order valence-electron chi connectivity index (χ0n) is 12.0. The fraction of sp³-hybridized carbons (Fsp3) is 0.357. The van der Waals surface area contributed by atoms with Crippen LogP contribution < -0.4 is 4.74 Å². The van der Waals surface area contributed by atoms with Gasteiger partial charge < -0.3 is 14.9 Å². The lowest BCUT2D eigenvalue weighted by Gasteiger charge is -2.27. The van der Waals surface area contributed by atoms with Crippen molar-refractivity contribution in [2.45, 2.75) is 25.1 Å². The van der Waals surface area contributed by atoms with Gasteiger partial charge >= 0.3 is 12.1 Å². The lowest BCUT2D eigenvalue weighted by Crippen LogP contribution is -2.52. The van der Waals surface area contributed by atoms with Crippen LogP contribution in [0, 0.1) is 5.82 Å². The first-order chi connectivity index (χ1) is 10.5. The molecule has 0 radical (unpaired) electrons. The Hall–Kier alpha value is -1.80. The number of aliphatic hydroxyl groups is 1. The Balaban J connectivity index is 3.42. The summed E-state index contributed by atoms with van der Waals surface area (Å²) >= 11 is 5.69. The third kappa shape index (κ3) is 3.59. The zero-order valence-corrected chi connectivity index (χ0v) is 12.8. The van der Waals surface area contributed by atoms with Crippen LogP contribution in [0.25, 0.3) is 5.57 Å². The van der Waals surface area contributed by atoms with E-state index in [9.17, 15) is 27.5 Å². The zero-order chi connectivity index (χ0) is 18.0. The molecule has 0 fully saturated rings. The van der Waals surface area contributed by atoms with Gasteiger partial charge in [-0.2, -0.15) is 13.2 Å². The van der Waals surface area contributed by atoms with Crippen LogP contribution in [-0.4, -0.2) is 35.1 Å². The number of carboxylic acid groups (broad SMARTS) is 1. The molecule has 1 aromatic carbocycles. The molecule has 0 spiro atoms. The lowest BCUT2D eigenvalue weighted by atomic mass is 9.89. The Bertz CT molecular complexity index is 642. The predicted molar refractivity (Wildman–Crippen MR) is 74.9 cm³/mol. The molecule has 4 nitrogen and oxygen atoms in total. The van der Waals surface area contributed by atoms with Crippen LogP contribution >= 0.6 is 11.6 Å². The molecule has 128 valence electrons. The summed E-state index contributed by atoms with van der Waals surface area (Å²) in [5.41, 5.74) is -4.27. The molecule has 0 saturated heterocycles. The maximum Gasteiger partial charge on any atom is 0.428 e. The van der Waals surface area contributed by atoms with E-state index in [1.807, 2.05) is 0 Å². The summed E-state index contributed by atoms with van der Waals surface area (Å²) in [6, 6.07) is 1.99. The third-order valence-electron chi connectivity index (χ3n) is 3.22. The first-order valence-electron chi connectivity index (χ1n) is 6.19. The Morgan fingerprint density at radius 2 is 1.96 bits per heavy atom. The summed E-state index contributed by atoms with van der Waals surface area (Å²) < 4.78 is 57.0. The highest BCUT2D eigenvalue weighted by molar-refractivity contribution is 6.32. The van der Waals surface area contributed by atoms with E-state index in [4.69, 9.17) is 21.4 Å². The van der Waals surface area contributed by atoms with E-state index in [-0.39, 0.29) is 16.9 Å². The van der Waals surface area contributed by atoms with Crippen LogP contribution in [0.5, 0.6) is 5.75 Å². The Labute approximate surface area is 133 Å². The molecule has 0 aromatic heterocycles. The van der Waals surface area contributed by atoms with Crippen molar-refractivity contribution >= 4 is 23.1 Å². The number of methoxy groups -OCH3 is 1. The standard InChI is InChI=1S/C14H13ClF4O4/c1-3-7(6-13(22,12(20)21)14(17,18)19)8-4-5-9(16)10(15)11(8)23-2/h3-5,22H,6H2,1-2H3,(H,20,21)/b7-3-/t13-/m1/s1. The molecule has 0 aliphatic carbocycles. The fourth-order valence-corrected chi connectivity index (χ4v) is 2.15. The van der Waals surface area contributed by atoms with Crippen molar-refractivity contribution in [3.05, 3.63) is 34.6 Å². The third-order valence-corrected chi connectivity index (χ3v) is 3.57.